The van der Waals surface area contributed by atoms with Crippen LogP contribution in [0.3, 0.4) is 0 Å². The van der Waals surface area contributed by atoms with Gasteiger partial charge in [0.15, 0.2) is 0 Å². The topological polar surface area (TPSA) is 18.5 Å². The average molecular weight is 254 g/mol. The van der Waals surface area contributed by atoms with Gasteiger partial charge in [-0.1, -0.05) is 0 Å². The molecule has 11 heavy (non-hydrogen) atoms. The van der Waals surface area contributed by atoms with Gasteiger partial charge in [-0.3, -0.25) is 0 Å². The van der Waals surface area contributed by atoms with Crippen LogP contribution in [0, 0.1) is 0 Å². The Labute approximate surface area is 75.9 Å². The first-order valence-corrected chi connectivity index (χ1v) is 7.83. The minimum absolute atomic E-state index is 1.25. The number of benzene rings is 1. The summed E-state index contributed by atoms with van der Waals surface area (Å²) in [6.07, 6.45) is 0. The van der Waals surface area contributed by atoms with Gasteiger partial charge in [0, 0.05) is 0 Å². The van der Waals surface area contributed by atoms with Gasteiger partial charge in [0.05, 0.1) is 0 Å². The molecule has 3 heteroatoms. The predicted molar refractivity (Wildman–Crippen MR) is 45.8 cm³/mol. The number of hydrogen-bond donors (Lipinski definition) is 0. The first-order chi connectivity index (χ1) is 5.38. The Bertz CT molecular complexity index is 197. The molecule has 0 bridgehead atoms. The Kier molecular flexibility index (Phi) is 3.97. The summed E-state index contributed by atoms with van der Waals surface area (Å²) in [4.78, 5) is 0. The fraction of sp³-hybridized carbons (Fsp3) is 0.250. The first kappa shape index (κ1) is 9.10. The summed E-state index contributed by atoms with van der Waals surface area (Å²) in [6.45, 7) is 0. The standard InChI is InChI=1S/C6H5.2CH3O.In/c1-2-4-6-5-3-1;2*1-2;/h1-5H;2*1H3;/q;2*-1;+2. The molecule has 0 radical (unpaired) electrons. The van der Waals surface area contributed by atoms with Crippen molar-refractivity contribution in [3.8, 4) is 0 Å². The molecule has 1 rings (SSSR count). The Balaban J connectivity index is 2.74. The number of hydrogen-bond acceptors (Lipinski definition) is 2. The van der Waals surface area contributed by atoms with Crippen LogP contribution in [0.5, 0.6) is 0 Å². The summed E-state index contributed by atoms with van der Waals surface area (Å²) in [5, 5.41) is 0. The second-order valence-corrected chi connectivity index (χ2v) is 8.70. The third-order valence-electron chi connectivity index (χ3n) is 1.50. The summed E-state index contributed by atoms with van der Waals surface area (Å²) < 4.78 is 11.8. The maximum absolute atomic E-state index is 5.27. The summed E-state index contributed by atoms with van der Waals surface area (Å²) in [6, 6.07) is 10.1. The zero-order valence-electron chi connectivity index (χ0n) is 6.78. The monoisotopic (exact) mass is 254 g/mol. The molecule has 58 valence electrons. The molecule has 1 aromatic rings. The van der Waals surface area contributed by atoms with Crippen LogP contribution in [0.1, 0.15) is 0 Å². The summed E-state index contributed by atoms with van der Waals surface area (Å²) in [5.41, 5.74) is 0. The Morgan fingerprint density at radius 3 is 2.00 bits per heavy atom. The Morgan fingerprint density at radius 2 is 1.55 bits per heavy atom. The Morgan fingerprint density at radius 1 is 1.00 bits per heavy atom. The molecule has 0 saturated heterocycles. The van der Waals surface area contributed by atoms with E-state index in [1.807, 2.05) is 18.2 Å². The van der Waals surface area contributed by atoms with Gasteiger partial charge < -0.3 is 0 Å². The van der Waals surface area contributed by atoms with E-state index in [9.17, 15) is 0 Å². The Hall–Kier alpha value is 0.0101. The molecule has 0 unspecified atom stereocenters. The molecule has 0 aromatic heterocycles. The maximum atomic E-state index is 5.27. The zero-order chi connectivity index (χ0) is 8.10. The fourth-order valence-electron chi connectivity index (χ4n) is 0.979. The van der Waals surface area contributed by atoms with E-state index < -0.39 is 22.3 Å². The molecule has 0 spiro atoms. The van der Waals surface area contributed by atoms with Crippen molar-refractivity contribution in [2.45, 2.75) is 0 Å². The van der Waals surface area contributed by atoms with Gasteiger partial charge in [-0.25, -0.2) is 0 Å². The summed E-state index contributed by atoms with van der Waals surface area (Å²) in [5.74, 6) is 0. The van der Waals surface area contributed by atoms with Crippen molar-refractivity contribution in [1.82, 2.24) is 0 Å². The van der Waals surface area contributed by atoms with E-state index in [1.54, 1.807) is 14.2 Å². The van der Waals surface area contributed by atoms with Crippen molar-refractivity contribution >= 4 is 25.6 Å². The molecule has 0 N–H and O–H groups in total. The molecule has 0 heterocycles. The second kappa shape index (κ2) is 4.80. The van der Waals surface area contributed by atoms with Crippen LogP contribution < -0.4 is 3.32 Å². The quantitative estimate of drug-likeness (QED) is 0.789. The van der Waals surface area contributed by atoms with Crippen LogP contribution >= 0.6 is 0 Å². The molecule has 0 aliphatic heterocycles. The molecule has 0 saturated carbocycles. The SMILES string of the molecule is C[O][In]([O]C)[c]1ccccc1. The molecular formula is C8H11InO2. The molecule has 0 aliphatic rings. The zero-order valence-corrected chi connectivity index (χ0v) is 10.1. The second-order valence-electron chi connectivity index (χ2n) is 2.21. The van der Waals surface area contributed by atoms with Crippen molar-refractivity contribution in [3.05, 3.63) is 30.3 Å². The molecule has 0 fully saturated rings. The fourth-order valence-corrected chi connectivity index (χ4v) is 4.61. The third-order valence-corrected chi connectivity index (χ3v) is 6.60. The molecule has 0 atom stereocenters. The van der Waals surface area contributed by atoms with Crippen molar-refractivity contribution in [2.24, 2.45) is 0 Å². The van der Waals surface area contributed by atoms with E-state index in [4.69, 9.17) is 5.71 Å². The molecule has 1 aromatic carbocycles. The van der Waals surface area contributed by atoms with E-state index in [-0.39, 0.29) is 0 Å². The normalized spacial score (nSPS) is 9.64. The first-order valence-electron chi connectivity index (χ1n) is 3.49. The van der Waals surface area contributed by atoms with Crippen molar-refractivity contribution in [2.75, 3.05) is 14.2 Å². The molecule has 2 nitrogen and oxygen atoms in total. The van der Waals surface area contributed by atoms with Crippen molar-refractivity contribution in [1.29, 1.82) is 0 Å². The van der Waals surface area contributed by atoms with Gasteiger partial charge in [-0.05, 0) is 0 Å². The van der Waals surface area contributed by atoms with E-state index in [0.717, 1.165) is 0 Å². The van der Waals surface area contributed by atoms with Crippen LogP contribution in [0.15, 0.2) is 30.3 Å². The van der Waals surface area contributed by atoms with Gasteiger partial charge in [-0.2, -0.15) is 0 Å². The predicted octanol–water partition coefficient (Wildman–Crippen LogP) is 0.675. The van der Waals surface area contributed by atoms with Gasteiger partial charge in [0.2, 0.25) is 0 Å². The van der Waals surface area contributed by atoms with Gasteiger partial charge in [0.1, 0.15) is 0 Å². The van der Waals surface area contributed by atoms with Crippen LogP contribution in [0.4, 0.5) is 0 Å². The van der Waals surface area contributed by atoms with Crippen LogP contribution in [-0.2, 0) is 5.71 Å². The number of rotatable bonds is 3. The van der Waals surface area contributed by atoms with E-state index in [2.05, 4.69) is 12.1 Å². The van der Waals surface area contributed by atoms with Crippen LogP contribution in [0.2, 0.25) is 0 Å². The van der Waals surface area contributed by atoms with Crippen molar-refractivity contribution in [3.63, 3.8) is 0 Å². The van der Waals surface area contributed by atoms with Gasteiger partial charge in [0.25, 0.3) is 0 Å². The van der Waals surface area contributed by atoms with Crippen LogP contribution in [-0.4, -0.2) is 36.5 Å². The van der Waals surface area contributed by atoms with Crippen LogP contribution in [0.25, 0.3) is 0 Å². The third kappa shape index (κ3) is 2.51. The molecular weight excluding hydrogens is 243 g/mol. The van der Waals surface area contributed by atoms with Crippen molar-refractivity contribution < 1.29 is 5.71 Å². The van der Waals surface area contributed by atoms with Gasteiger partial charge in [-0.15, -0.1) is 0 Å². The summed E-state index contributed by atoms with van der Waals surface area (Å²) >= 11 is -2.22. The van der Waals surface area contributed by atoms with Gasteiger partial charge >= 0.3 is 75.9 Å². The molecule has 0 amide bonds. The minimum atomic E-state index is -2.22. The average Bonchev–Trinajstić information content (AvgIpc) is 2.09. The van der Waals surface area contributed by atoms with E-state index in [0.29, 0.717) is 0 Å². The van der Waals surface area contributed by atoms with E-state index in [1.165, 1.54) is 3.32 Å². The summed E-state index contributed by atoms with van der Waals surface area (Å²) in [7, 11) is 3.44. The van der Waals surface area contributed by atoms with E-state index >= 15 is 0 Å². The molecule has 0 aliphatic carbocycles.